The van der Waals surface area contributed by atoms with E-state index >= 15 is 0 Å². The summed E-state index contributed by atoms with van der Waals surface area (Å²) >= 11 is 0. The van der Waals surface area contributed by atoms with E-state index < -0.39 is 17.6 Å². The predicted octanol–water partition coefficient (Wildman–Crippen LogP) is 5.52. The minimum atomic E-state index is -4.46. The molecule has 0 saturated heterocycles. The number of para-hydroxylation sites is 2. The van der Waals surface area contributed by atoms with Gasteiger partial charge in [-0.15, -0.1) is 0 Å². The number of imidazole rings is 1. The number of aromatic nitrogens is 3. The number of rotatable bonds is 3. The zero-order chi connectivity index (χ0) is 22.5. The smallest absolute Gasteiger partial charge is 0.305 e. The van der Waals surface area contributed by atoms with E-state index in [-0.39, 0.29) is 17.9 Å². The van der Waals surface area contributed by atoms with Gasteiger partial charge in [-0.1, -0.05) is 24.3 Å². The molecule has 3 aromatic carbocycles. The third-order valence-corrected chi connectivity index (χ3v) is 5.29. The van der Waals surface area contributed by atoms with Gasteiger partial charge in [-0.05, 0) is 54.1 Å². The second-order valence-electron chi connectivity index (χ2n) is 7.39. The van der Waals surface area contributed by atoms with Crippen molar-refractivity contribution in [3.8, 4) is 11.3 Å². The first-order valence-corrected chi connectivity index (χ1v) is 9.74. The Labute approximate surface area is 179 Å². The fourth-order valence-corrected chi connectivity index (χ4v) is 3.82. The van der Waals surface area contributed by atoms with Crippen molar-refractivity contribution in [2.75, 3.05) is 0 Å². The molecule has 0 N–H and O–H groups in total. The molecule has 160 valence electrons. The van der Waals surface area contributed by atoms with E-state index in [1.807, 2.05) is 0 Å². The molecule has 32 heavy (non-hydrogen) atoms. The fraction of sp³-hybridized carbons (Fsp3) is 0.0833. The highest BCUT2D eigenvalue weighted by Gasteiger charge is 2.30. The Balaban J connectivity index is 1.74. The summed E-state index contributed by atoms with van der Waals surface area (Å²) in [5, 5.41) is 0. The van der Waals surface area contributed by atoms with Crippen molar-refractivity contribution in [1.82, 2.24) is 14.0 Å². The predicted molar refractivity (Wildman–Crippen MR) is 113 cm³/mol. The lowest BCUT2D eigenvalue weighted by Crippen LogP contribution is -2.15. The highest BCUT2D eigenvalue weighted by Crippen LogP contribution is 2.30. The minimum absolute atomic E-state index is 0.0836. The molecule has 5 aromatic rings. The van der Waals surface area contributed by atoms with E-state index in [9.17, 15) is 22.4 Å². The first kappa shape index (κ1) is 20.0. The zero-order valence-corrected chi connectivity index (χ0v) is 16.5. The maximum Gasteiger partial charge on any atom is 0.416 e. The quantitative estimate of drug-likeness (QED) is 0.349. The number of fused-ring (bicyclic) bond motifs is 3. The highest BCUT2D eigenvalue weighted by atomic mass is 19.4. The van der Waals surface area contributed by atoms with Crippen molar-refractivity contribution in [3.63, 3.8) is 0 Å². The molecule has 2 heterocycles. The van der Waals surface area contributed by atoms with Crippen LogP contribution in [0.25, 0.3) is 28.1 Å². The summed E-state index contributed by atoms with van der Waals surface area (Å²) < 4.78 is 56.0. The molecule has 0 atom stereocenters. The van der Waals surface area contributed by atoms with E-state index in [0.29, 0.717) is 27.9 Å². The van der Waals surface area contributed by atoms with E-state index in [1.165, 1.54) is 40.8 Å². The van der Waals surface area contributed by atoms with Gasteiger partial charge in [0, 0.05) is 11.6 Å². The van der Waals surface area contributed by atoms with Crippen LogP contribution < -0.4 is 5.56 Å². The SMILES string of the molecule is O=c1cc(-c2ccc(F)cc2)nc2n(Cc3cccc(C(F)(F)F)c3)c3ccccc3n12. The van der Waals surface area contributed by atoms with Gasteiger partial charge in [0.25, 0.3) is 5.56 Å². The van der Waals surface area contributed by atoms with Gasteiger partial charge in [-0.25, -0.2) is 13.8 Å². The number of hydrogen-bond acceptors (Lipinski definition) is 2. The van der Waals surface area contributed by atoms with Gasteiger partial charge in [-0.2, -0.15) is 13.2 Å². The van der Waals surface area contributed by atoms with Crippen molar-refractivity contribution in [2.24, 2.45) is 0 Å². The lowest BCUT2D eigenvalue weighted by atomic mass is 10.1. The summed E-state index contributed by atoms with van der Waals surface area (Å²) in [4.78, 5) is 17.6. The van der Waals surface area contributed by atoms with Crippen LogP contribution in [0.15, 0.2) is 83.7 Å². The average Bonchev–Trinajstić information content (AvgIpc) is 3.08. The van der Waals surface area contributed by atoms with Gasteiger partial charge in [0.2, 0.25) is 5.78 Å². The normalized spacial score (nSPS) is 12.0. The number of benzene rings is 3. The van der Waals surface area contributed by atoms with Crippen LogP contribution in [-0.4, -0.2) is 14.0 Å². The van der Waals surface area contributed by atoms with Crippen molar-refractivity contribution < 1.29 is 17.6 Å². The lowest BCUT2D eigenvalue weighted by molar-refractivity contribution is -0.137. The van der Waals surface area contributed by atoms with Gasteiger partial charge >= 0.3 is 6.18 Å². The number of halogens is 4. The highest BCUT2D eigenvalue weighted by molar-refractivity contribution is 5.81. The molecule has 0 fully saturated rings. The summed E-state index contributed by atoms with van der Waals surface area (Å²) in [7, 11) is 0. The van der Waals surface area contributed by atoms with E-state index in [4.69, 9.17) is 0 Å². The minimum Gasteiger partial charge on any atom is -0.305 e. The Morgan fingerprint density at radius 1 is 0.844 bits per heavy atom. The van der Waals surface area contributed by atoms with Gasteiger partial charge in [0.15, 0.2) is 0 Å². The fourth-order valence-electron chi connectivity index (χ4n) is 3.82. The Morgan fingerprint density at radius 2 is 1.56 bits per heavy atom. The molecule has 0 aliphatic carbocycles. The molecule has 0 unspecified atom stereocenters. The van der Waals surface area contributed by atoms with Gasteiger partial charge in [0.1, 0.15) is 5.82 Å². The summed E-state index contributed by atoms with van der Waals surface area (Å²) in [6.07, 6.45) is -4.46. The largest absolute Gasteiger partial charge is 0.416 e. The van der Waals surface area contributed by atoms with Gasteiger partial charge in [-0.3, -0.25) is 4.79 Å². The number of alkyl halides is 3. The van der Waals surface area contributed by atoms with Crippen LogP contribution in [0.3, 0.4) is 0 Å². The third kappa shape index (κ3) is 3.43. The van der Waals surface area contributed by atoms with Crippen LogP contribution in [0.1, 0.15) is 11.1 Å². The van der Waals surface area contributed by atoms with Crippen LogP contribution in [0.4, 0.5) is 17.6 Å². The van der Waals surface area contributed by atoms with Crippen LogP contribution in [-0.2, 0) is 12.7 Å². The first-order chi connectivity index (χ1) is 15.3. The molecule has 0 aliphatic heterocycles. The molecule has 5 rings (SSSR count). The van der Waals surface area contributed by atoms with E-state index in [0.717, 1.165) is 12.1 Å². The molecule has 2 aromatic heterocycles. The van der Waals surface area contributed by atoms with Crippen LogP contribution in [0.2, 0.25) is 0 Å². The summed E-state index contributed by atoms with van der Waals surface area (Å²) in [6.45, 7) is 0.0836. The molecule has 0 amide bonds. The Hall–Kier alpha value is -3.94. The molecular formula is C24H15F4N3O. The number of hydrogen-bond donors (Lipinski definition) is 0. The number of nitrogens with zero attached hydrogens (tertiary/aromatic N) is 3. The molecular weight excluding hydrogens is 422 g/mol. The molecule has 0 spiro atoms. The standard InChI is InChI=1S/C24H15F4N3O/c25-18-10-8-16(9-11-18)19-13-22(32)31-21-7-2-1-6-20(21)30(23(31)29-19)14-15-4-3-5-17(12-15)24(26,27)28/h1-13H,14H2. The van der Waals surface area contributed by atoms with Crippen molar-refractivity contribution >= 4 is 16.8 Å². The molecule has 8 heteroatoms. The summed E-state index contributed by atoms with van der Waals surface area (Å²) in [5.74, 6) is -0.124. The van der Waals surface area contributed by atoms with E-state index in [1.54, 1.807) is 34.9 Å². The second-order valence-corrected chi connectivity index (χ2v) is 7.39. The lowest BCUT2D eigenvalue weighted by Gasteiger charge is -2.11. The molecule has 0 radical (unpaired) electrons. The van der Waals surface area contributed by atoms with Crippen LogP contribution in [0.5, 0.6) is 0 Å². The molecule has 0 saturated carbocycles. The maximum atomic E-state index is 13.3. The monoisotopic (exact) mass is 437 g/mol. The Kier molecular flexibility index (Phi) is 4.58. The van der Waals surface area contributed by atoms with Gasteiger partial charge in [0.05, 0.1) is 28.8 Å². The van der Waals surface area contributed by atoms with E-state index in [2.05, 4.69) is 4.98 Å². The topological polar surface area (TPSA) is 39.3 Å². The van der Waals surface area contributed by atoms with Crippen molar-refractivity contribution in [1.29, 1.82) is 0 Å². The zero-order valence-electron chi connectivity index (χ0n) is 16.5. The van der Waals surface area contributed by atoms with Crippen molar-refractivity contribution in [2.45, 2.75) is 12.7 Å². The molecule has 0 bridgehead atoms. The second kappa shape index (κ2) is 7.33. The summed E-state index contributed by atoms with van der Waals surface area (Å²) in [5.41, 5.74) is 1.50. The maximum absolute atomic E-state index is 13.3. The Morgan fingerprint density at radius 3 is 2.28 bits per heavy atom. The summed E-state index contributed by atoms with van der Waals surface area (Å²) in [6, 6.07) is 19.1. The van der Waals surface area contributed by atoms with Crippen LogP contribution in [0, 0.1) is 5.82 Å². The third-order valence-electron chi connectivity index (χ3n) is 5.29. The molecule has 4 nitrogen and oxygen atoms in total. The first-order valence-electron chi connectivity index (χ1n) is 9.74. The average molecular weight is 437 g/mol. The molecule has 0 aliphatic rings. The van der Waals surface area contributed by atoms with Gasteiger partial charge < -0.3 is 4.57 Å². The van der Waals surface area contributed by atoms with Crippen molar-refractivity contribution in [3.05, 3.63) is 106 Å². The Bertz CT molecular complexity index is 1520. The van der Waals surface area contributed by atoms with Crippen LogP contribution >= 0.6 is 0 Å².